The molecule has 3 N–H and O–H groups in total. The lowest BCUT2D eigenvalue weighted by atomic mass is 9.32. The maximum Gasteiger partial charge on any atom is 0.248 e. The average molecular weight is 844 g/mol. The number of hydrogen-bond acceptors (Lipinski definition) is 6. The van der Waals surface area contributed by atoms with Crippen LogP contribution in [0.3, 0.4) is 0 Å². The van der Waals surface area contributed by atoms with Crippen LogP contribution < -0.4 is 74.6 Å². The molecule has 1 saturated heterocycles. The highest BCUT2D eigenvalue weighted by atomic mass is 32.2. The zero-order valence-electron chi connectivity index (χ0n) is 41.9. The van der Waals surface area contributed by atoms with Gasteiger partial charge in [0.1, 0.15) is 154 Å². The normalized spacial score (nSPS) is 15.5. The third-order valence-electron chi connectivity index (χ3n) is 13.6. The van der Waals surface area contributed by atoms with Gasteiger partial charge in [-0.15, -0.1) is 28.2 Å². The molecule has 4 aromatic rings. The summed E-state index contributed by atoms with van der Waals surface area (Å²) >= 11 is 1.46. The number of benzene rings is 4. The second-order valence-electron chi connectivity index (χ2n) is 20.7. The molecule has 0 bridgehead atoms. The highest BCUT2D eigenvalue weighted by molar-refractivity contribution is 8.01. The summed E-state index contributed by atoms with van der Waals surface area (Å²) in [5.41, 5.74) is 20.9. The summed E-state index contributed by atoms with van der Waals surface area (Å²) in [7, 11) is 39.4. The number of amides is 3. The first-order valence-electron chi connectivity index (χ1n) is 22.3. The van der Waals surface area contributed by atoms with Gasteiger partial charge in [-0.1, -0.05) is 67.5 Å². The number of hydrogen-bond donors (Lipinski definition) is 2. The fraction of sp³-hybridized carbons (Fsp3) is 0.194. The van der Waals surface area contributed by atoms with Gasteiger partial charge in [0, 0.05) is 39.4 Å². The first kappa shape index (κ1) is 51.0. The Bertz CT molecular complexity index is 2590. The van der Waals surface area contributed by atoms with Crippen LogP contribution in [0.5, 0.6) is 11.5 Å². The number of ether oxygens (including phenoxy) is 2. The van der Waals surface area contributed by atoms with Crippen molar-refractivity contribution in [1.82, 2.24) is 5.32 Å². The lowest BCUT2D eigenvalue weighted by Gasteiger charge is -2.44. The second-order valence-corrected chi connectivity index (χ2v) is 22.0. The molecule has 28 heteroatoms. The second kappa shape index (κ2) is 18.7. The predicted molar refractivity (Wildman–Crippen MR) is 325 cm³/mol. The Balaban J connectivity index is 1.52. The SMILES string of the molecule is Bc1c(B)c(B)c(C#Cc2c(B)c(B)c([C@@H]3S[C@H](CC(=O)NC(B)(B)C(B)(B)c4ccc(OC(B)(B)B)c(OC(B)(B)B)c4)C(=O)N3c3cccc(C(N)=O)c3)c(B)c2B)c(B)c1B. The molecule has 1 aliphatic rings. The van der Waals surface area contributed by atoms with Gasteiger partial charge in [0.05, 0.1) is 5.25 Å². The van der Waals surface area contributed by atoms with E-state index >= 15 is 0 Å². The number of thioether (sulfide) groups is 1. The van der Waals surface area contributed by atoms with E-state index in [0.717, 1.165) is 44.1 Å². The van der Waals surface area contributed by atoms with E-state index < -0.39 is 37.7 Å². The summed E-state index contributed by atoms with van der Waals surface area (Å²) in [6.45, 7) is 0. The number of nitrogens with one attached hydrogen (secondary N) is 1. The monoisotopic (exact) mass is 848 g/mol. The minimum atomic E-state index is -0.762. The van der Waals surface area contributed by atoms with Crippen molar-refractivity contribution in [2.45, 2.75) is 38.2 Å². The highest BCUT2D eigenvalue weighted by Gasteiger charge is 2.46. The van der Waals surface area contributed by atoms with E-state index in [-0.39, 0.29) is 18.2 Å². The average Bonchev–Trinajstić information content (AvgIpc) is 3.49. The van der Waals surface area contributed by atoms with Crippen LogP contribution in [0.15, 0.2) is 42.5 Å². The number of nitrogens with two attached hydrogens (primary N) is 1. The molecule has 5 rings (SSSR count). The van der Waals surface area contributed by atoms with E-state index in [1.165, 1.54) is 39.1 Å². The van der Waals surface area contributed by atoms with Gasteiger partial charge in [0.25, 0.3) is 0 Å². The van der Waals surface area contributed by atoms with Gasteiger partial charge in [-0.3, -0.25) is 19.3 Å². The molecule has 0 radical (unpaired) electrons. The lowest BCUT2D eigenvalue weighted by molar-refractivity contribution is -0.125. The number of rotatable bonds is 12. The molecule has 1 aliphatic heterocycles. The summed E-state index contributed by atoms with van der Waals surface area (Å²) in [5, 5.41) is -0.121. The van der Waals surface area contributed by atoms with Gasteiger partial charge in [-0.25, -0.2) is 0 Å². The Morgan fingerprint density at radius 2 is 1.16 bits per heavy atom. The fourth-order valence-electron chi connectivity index (χ4n) is 8.47. The largest absolute Gasteiger partial charge is 0.510 e. The Morgan fingerprint density at radius 1 is 0.672 bits per heavy atom. The van der Waals surface area contributed by atoms with Crippen molar-refractivity contribution in [2.75, 3.05) is 4.90 Å². The number of nitrogens with zero attached hydrogens (tertiary/aromatic N) is 1. The summed E-state index contributed by atoms with van der Waals surface area (Å²) in [4.78, 5) is 43.2. The summed E-state index contributed by atoms with van der Waals surface area (Å²) in [6.07, 6.45) is -0.0457. The van der Waals surface area contributed by atoms with Crippen LogP contribution in [0.2, 0.25) is 0 Å². The van der Waals surface area contributed by atoms with E-state index in [1.807, 2.05) is 87.0 Å². The third kappa shape index (κ3) is 10.5. The summed E-state index contributed by atoms with van der Waals surface area (Å²) in [6, 6.07) is 12.9. The van der Waals surface area contributed by atoms with E-state index in [2.05, 4.69) is 103 Å². The van der Waals surface area contributed by atoms with Crippen molar-refractivity contribution in [2.24, 2.45) is 5.73 Å². The van der Waals surface area contributed by atoms with Crippen molar-refractivity contribution >= 4 is 233 Å². The molecule has 0 spiro atoms. The molecular formula is C36H52B19N3O5S. The Morgan fingerprint density at radius 3 is 1.66 bits per heavy atom. The predicted octanol–water partition coefficient (Wildman–Crippen LogP) is -21.0. The quantitative estimate of drug-likeness (QED) is 0.109. The van der Waals surface area contributed by atoms with Gasteiger partial charge in [-0.05, 0) is 41.2 Å². The smallest absolute Gasteiger partial charge is 0.248 e. The van der Waals surface area contributed by atoms with Crippen molar-refractivity contribution < 1.29 is 23.9 Å². The molecule has 0 aromatic heterocycles. The number of carbonyl (C=O) groups is 3. The molecule has 0 saturated carbocycles. The van der Waals surface area contributed by atoms with Crippen LogP contribution in [0, 0.1) is 11.8 Å². The highest BCUT2D eigenvalue weighted by Crippen LogP contribution is 2.46. The first-order valence-corrected chi connectivity index (χ1v) is 23.2. The van der Waals surface area contributed by atoms with Gasteiger partial charge in [0.15, 0.2) is 11.5 Å². The maximum absolute atomic E-state index is 14.8. The third-order valence-corrected chi connectivity index (χ3v) is 15.0. The lowest BCUT2D eigenvalue weighted by Crippen LogP contribution is -2.65. The van der Waals surface area contributed by atoms with Crippen molar-refractivity contribution in [3.63, 3.8) is 0 Å². The Hall–Kier alpha value is -3.97. The number of carbonyl (C=O) groups excluding carboxylic acids is 3. The van der Waals surface area contributed by atoms with E-state index in [9.17, 15) is 14.4 Å². The zero-order chi connectivity index (χ0) is 48.2. The van der Waals surface area contributed by atoms with Crippen LogP contribution in [0.1, 0.15) is 44.4 Å². The maximum atomic E-state index is 14.8. The van der Waals surface area contributed by atoms with Crippen molar-refractivity contribution in [3.8, 4) is 23.3 Å². The van der Waals surface area contributed by atoms with Crippen LogP contribution >= 0.6 is 11.8 Å². The van der Waals surface area contributed by atoms with Crippen LogP contribution in [0.4, 0.5) is 5.69 Å². The molecule has 1 heterocycles. The minimum absolute atomic E-state index is 0.0457. The summed E-state index contributed by atoms with van der Waals surface area (Å²) < 4.78 is 12.7. The standard InChI is InChI=1S/C36H52B19N3O5S/c37-21-14(5-6-15-23(39)27(43)29(45)28(44)24(15)40)22(38)26(42)20(25(21)41)32-58(13-3-1-2-11(8-13)30(56)60)31(61)18(64-32)10-19(59)57-34(48,49)33(46,47)12-4-7-16(62-35(50,51)52)17(9-12)63-36(53,54)55/h1-4,7-9,18,32H,10,37-55H2,(H2,56,60)(H,57,59)/t18-,32+/m1/s1. The summed E-state index contributed by atoms with van der Waals surface area (Å²) in [5.74, 6) is 7.38. The van der Waals surface area contributed by atoms with Gasteiger partial charge < -0.3 is 20.5 Å². The molecule has 0 unspecified atom stereocenters. The van der Waals surface area contributed by atoms with Gasteiger partial charge in [-0.2, -0.15) is 0 Å². The first-order chi connectivity index (χ1) is 29.4. The van der Waals surface area contributed by atoms with E-state index in [0.29, 0.717) is 22.7 Å². The Kier molecular flexibility index (Phi) is 14.9. The minimum Gasteiger partial charge on any atom is -0.510 e. The van der Waals surface area contributed by atoms with Crippen molar-refractivity contribution in [1.29, 1.82) is 0 Å². The van der Waals surface area contributed by atoms with Crippen molar-refractivity contribution in [3.05, 3.63) is 70.3 Å². The molecule has 3 amide bonds. The number of anilines is 1. The molecular weight excluding hydrogens is 792 g/mol. The molecule has 304 valence electrons. The number of primary amides is 1. The van der Waals surface area contributed by atoms with E-state index in [1.54, 1.807) is 23.1 Å². The fourth-order valence-corrected chi connectivity index (χ4v) is 10.1. The zero-order valence-corrected chi connectivity index (χ0v) is 42.7. The van der Waals surface area contributed by atoms with Crippen LogP contribution in [0.25, 0.3) is 0 Å². The topological polar surface area (TPSA) is 111 Å². The van der Waals surface area contributed by atoms with Crippen LogP contribution in [-0.2, 0) is 14.8 Å². The van der Waals surface area contributed by atoms with Gasteiger partial charge >= 0.3 is 0 Å². The molecule has 64 heavy (non-hydrogen) atoms. The molecule has 2 atom stereocenters. The Labute approximate surface area is 402 Å². The van der Waals surface area contributed by atoms with Gasteiger partial charge in [0.2, 0.25) is 17.7 Å². The molecule has 1 fully saturated rings. The van der Waals surface area contributed by atoms with E-state index in [4.69, 9.17) is 15.2 Å². The van der Waals surface area contributed by atoms with Crippen LogP contribution in [-0.4, -0.2) is 188 Å². The molecule has 0 aliphatic carbocycles. The molecule has 4 aromatic carbocycles. The molecule has 8 nitrogen and oxygen atoms in total.